The second-order valence-corrected chi connectivity index (χ2v) is 6.17. The number of piperazine rings is 1. The summed E-state index contributed by atoms with van der Waals surface area (Å²) in [6.07, 6.45) is 0. The number of para-hydroxylation sites is 1. The number of hydrogen-bond acceptors (Lipinski definition) is 4. The van der Waals surface area contributed by atoms with Gasteiger partial charge >= 0.3 is 0 Å². The van der Waals surface area contributed by atoms with E-state index in [0.29, 0.717) is 5.56 Å². The summed E-state index contributed by atoms with van der Waals surface area (Å²) in [5, 5.41) is 11.9. The number of amides is 1. The van der Waals surface area contributed by atoms with Gasteiger partial charge in [0.15, 0.2) is 0 Å². The molecule has 1 N–H and O–H groups in total. The van der Waals surface area contributed by atoms with Gasteiger partial charge in [-0.05, 0) is 29.8 Å². The number of rotatable bonds is 4. The third-order valence-electron chi connectivity index (χ3n) is 4.59. The second-order valence-electron chi connectivity index (χ2n) is 6.17. The molecule has 0 aliphatic carbocycles. The van der Waals surface area contributed by atoms with Gasteiger partial charge in [-0.1, -0.05) is 24.3 Å². The van der Waals surface area contributed by atoms with Crippen molar-refractivity contribution in [3.05, 3.63) is 65.2 Å². The number of carbonyl (C=O) groups excluding carboxylic acids is 1. The number of anilines is 1. The van der Waals surface area contributed by atoms with Gasteiger partial charge in [0, 0.05) is 45.3 Å². The Morgan fingerprint density at radius 3 is 2.40 bits per heavy atom. The van der Waals surface area contributed by atoms with Crippen molar-refractivity contribution in [1.82, 2.24) is 10.2 Å². The van der Waals surface area contributed by atoms with E-state index in [4.69, 9.17) is 0 Å². The van der Waals surface area contributed by atoms with Gasteiger partial charge in [-0.25, -0.2) is 0 Å². The minimum absolute atomic E-state index is 0.0590. The summed E-state index contributed by atoms with van der Waals surface area (Å²) in [4.78, 5) is 16.3. The lowest BCUT2D eigenvalue weighted by molar-refractivity contribution is 0.0963. The lowest BCUT2D eigenvalue weighted by atomic mass is 10.1. The fourth-order valence-corrected chi connectivity index (χ4v) is 3.15. The van der Waals surface area contributed by atoms with Gasteiger partial charge in [-0.15, -0.1) is 0 Å². The molecule has 25 heavy (non-hydrogen) atoms. The first kappa shape index (κ1) is 17.0. The fraction of sp³-hybridized carbons (Fsp3) is 0.300. The summed E-state index contributed by atoms with van der Waals surface area (Å²) in [6, 6.07) is 17.8. The average molecular weight is 334 g/mol. The van der Waals surface area contributed by atoms with Crippen molar-refractivity contribution in [2.24, 2.45) is 0 Å². The van der Waals surface area contributed by atoms with Crippen LogP contribution in [0.5, 0.6) is 0 Å². The Balaban J connectivity index is 1.58. The number of hydrogen-bond donors (Lipinski definition) is 1. The number of nitrogens with zero attached hydrogens (tertiary/aromatic N) is 3. The molecule has 3 rings (SSSR count). The van der Waals surface area contributed by atoms with Crippen molar-refractivity contribution >= 4 is 11.6 Å². The first-order valence-corrected chi connectivity index (χ1v) is 8.48. The monoisotopic (exact) mass is 334 g/mol. The summed E-state index contributed by atoms with van der Waals surface area (Å²) in [5.74, 6) is -0.0590. The highest BCUT2D eigenvalue weighted by molar-refractivity contribution is 5.93. The Hall–Kier alpha value is -2.84. The summed E-state index contributed by atoms with van der Waals surface area (Å²) in [7, 11) is 1.64. The van der Waals surface area contributed by atoms with Crippen LogP contribution in [-0.4, -0.2) is 44.0 Å². The lowest BCUT2D eigenvalue weighted by Crippen LogP contribution is -2.46. The standard InChI is InChI=1S/C20H22N4O/c1-22-20(25)17-8-6-16(7-9-17)15-23-10-12-24(13-11-23)19-5-3-2-4-18(19)14-21/h2-9H,10-13,15H2,1H3,(H,22,25). The van der Waals surface area contributed by atoms with Crippen LogP contribution in [0.25, 0.3) is 0 Å². The van der Waals surface area contributed by atoms with Crippen LogP contribution in [-0.2, 0) is 6.54 Å². The Bertz CT molecular complexity index is 771. The van der Waals surface area contributed by atoms with E-state index in [-0.39, 0.29) is 5.91 Å². The van der Waals surface area contributed by atoms with Crippen molar-refractivity contribution in [3.63, 3.8) is 0 Å². The van der Waals surface area contributed by atoms with Crippen molar-refractivity contribution in [2.45, 2.75) is 6.54 Å². The third-order valence-corrected chi connectivity index (χ3v) is 4.59. The van der Waals surface area contributed by atoms with Crippen LogP contribution in [0.15, 0.2) is 48.5 Å². The molecule has 1 amide bonds. The quantitative estimate of drug-likeness (QED) is 0.932. The molecule has 5 heteroatoms. The smallest absolute Gasteiger partial charge is 0.251 e. The van der Waals surface area contributed by atoms with E-state index in [1.807, 2.05) is 48.5 Å². The molecule has 0 atom stereocenters. The van der Waals surface area contributed by atoms with Gasteiger partial charge < -0.3 is 10.2 Å². The van der Waals surface area contributed by atoms with Gasteiger partial charge in [-0.3, -0.25) is 9.69 Å². The van der Waals surface area contributed by atoms with Crippen LogP contribution in [0, 0.1) is 11.3 Å². The summed E-state index contributed by atoms with van der Waals surface area (Å²) >= 11 is 0. The Morgan fingerprint density at radius 1 is 1.08 bits per heavy atom. The molecule has 128 valence electrons. The molecule has 1 saturated heterocycles. The number of nitrogens with one attached hydrogen (secondary N) is 1. The lowest BCUT2D eigenvalue weighted by Gasteiger charge is -2.36. The van der Waals surface area contributed by atoms with E-state index in [1.54, 1.807) is 7.05 Å². The van der Waals surface area contributed by atoms with E-state index in [9.17, 15) is 10.1 Å². The molecular weight excluding hydrogens is 312 g/mol. The molecule has 5 nitrogen and oxygen atoms in total. The van der Waals surface area contributed by atoms with Crippen molar-refractivity contribution in [3.8, 4) is 6.07 Å². The zero-order valence-electron chi connectivity index (χ0n) is 14.4. The molecule has 0 bridgehead atoms. The maximum Gasteiger partial charge on any atom is 0.251 e. The molecule has 1 fully saturated rings. The van der Waals surface area contributed by atoms with Crippen molar-refractivity contribution in [1.29, 1.82) is 5.26 Å². The minimum atomic E-state index is -0.0590. The van der Waals surface area contributed by atoms with E-state index in [0.717, 1.165) is 44.0 Å². The molecular formula is C20H22N4O. The molecule has 0 unspecified atom stereocenters. The van der Waals surface area contributed by atoms with Crippen molar-refractivity contribution in [2.75, 3.05) is 38.1 Å². The molecule has 0 aromatic heterocycles. The van der Waals surface area contributed by atoms with Crippen LogP contribution in [0.2, 0.25) is 0 Å². The molecule has 1 aliphatic heterocycles. The Labute approximate surface area is 148 Å². The zero-order chi connectivity index (χ0) is 17.6. The predicted octanol–water partition coefficient (Wildman–Crippen LogP) is 2.24. The number of nitriles is 1. The van der Waals surface area contributed by atoms with Gasteiger partial charge in [-0.2, -0.15) is 5.26 Å². The molecule has 0 spiro atoms. The van der Waals surface area contributed by atoms with E-state index >= 15 is 0 Å². The Kier molecular flexibility index (Phi) is 5.32. The van der Waals surface area contributed by atoms with Crippen LogP contribution in [0.4, 0.5) is 5.69 Å². The van der Waals surface area contributed by atoms with Gasteiger partial charge in [0.1, 0.15) is 6.07 Å². The van der Waals surface area contributed by atoms with Gasteiger partial charge in [0.05, 0.1) is 11.3 Å². The SMILES string of the molecule is CNC(=O)c1ccc(CN2CCN(c3ccccc3C#N)CC2)cc1. The van der Waals surface area contributed by atoms with Crippen LogP contribution < -0.4 is 10.2 Å². The minimum Gasteiger partial charge on any atom is -0.368 e. The highest BCUT2D eigenvalue weighted by Gasteiger charge is 2.19. The summed E-state index contributed by atoms with van der Waals surface area (Å²) in [6.45, 7) is 4.61. The highest BCUT2D eigenvalue weighted by Crippen LogP contribution is 2.21. The first-order valence-electron chi connectivity index (χ1n) is 8.48. The van der Waals surface area contributed by atoms with Crippen molar-refractivity contribution < 1.29 is 4.79 Å². The van der Waals surface area contributed by atoms with E-state index in [1.165, 1.54) is 5.56 Å². The third kappa shape index (κ3) is 3.98. The summed E-state index contributed by atoms with van der Waals surface area (Å²) in [5.41, 5.74) is 3.66. The largest absolute Gasteiger partial charge is 0.368 e. The van der Waals surface area contributed by atoms with E-state index in [2.05, 4.69) is 21.2 Å². The number of benzene rings is 2. The number of carbonyl (C=O) groups is 1. The van der Waals surface area contributed by atoms with E-state index < -0.39 is 0 Å². The van der Waals surface area contributed by atoms with Gasteiger partial charge in [0.25, 0.3) is 5.91 Å². The van der Waals surface area contributed by atoms with Crippen LogP contribution in [0.3, 0.4) is 0 Å². The first-order chi connectivity index (χ1) is 12.2. The molecule has 2 aromatic rings. The van der Waals surface area contributed by atoms with Gasteiger partial charge in [0.2, 0.25) is 0 Å². The second kappa shape index (κ2) is 7.82. The maximum atomic E-state index is 11.6. The van der Waals surface area contributed by atoms with Crippen LogP contribution in [0.1, 0.15) is 21.5 Å². The summed E-state index contributed by atoms with van der Waals surface area (Å²) < 4.78 is 0. The Morgan fingerprint density at radius 2 is 1.76 bits per heavy atom. The predicted molar refractivity (Wildman–Crippen MR) is 98.5 cm³/mol. The highest BCUT2D eigenvalue weighted by atomic mass is 16.1. The molecule has 0 radical (unpaired) electrons. The fourth-order valence-electron chi connectivity index (χ4n) is 3.15. The topological polar surface area (TPSA) is 59.4 Å². The maximum absolute atomic E-state index is 11.6. The normalized spacial score (nSPS) is 14.8. The molecule has 2 aromatic carbocycles. The average Bonchev–Trinajstić information content (AvgIpc) is 2.68. The molecule has 1 heterocycles. The van der Waals surface area contributed by atoms with Crippen LogP contribution >= 0.6 is 0 Å². The zero-order valence-corrected chi connectivity index (χ0v) is 14.4. The molecule has 0 saturated carbocycles. The molecule has 1 aliphatic rings.